The Kier molecular flexibility index (Phi) is 8.02. The zero-order valence-corrected chi connectivity index (χ0v) is 28.8. The Morgan fingerprint density at radius 2 is 1.41 bits per heavy atom. The fourth-order valence-electron chi connectivity index (χ4n) is 13.1. The van der Waals surface area contributed by atoms with E-state index in [4.69, 9.17) is 9.47 Å². The van der Waals surface area contributed by atoms with Gasteiger partial charge in [0.15, 0.2) is 0 Å². The number of rotatable bonds is 3. The van der Waals surface area contributed by atoms with Crippen LogP contribution in [0.25, 0.3) is 0 Å². The molecule has 4 N–H and O–H groups in total. The molecule has 0 aromatic carbocycles. The number of hydrogen-bond acceptors (Lipinski definition) is 7. The van der Waals surface area contributed by atoms with Crippen LogP contribution in [-0.4, -0.2) is 63.7 Å². The van der Waals surface area contributed by atoms with Crippen LogP contribution in [0, 0.1) is 62.1 Å². The van der Waals surface area contributed by atoms with Crippen LogP contribution < -0.4 is 0 Å². The van der Waals surface area contributed by atoms with Gasteiger partial charge in [-0.2, -0.15) is 0 Å². The summed E-state index contributed by atoms with van der Waals surface area (Å²) in [4.78, 5) is 13.8. The summed E-state index contributed by atoms with van der Waals surface area (Å²) in [6.07, 6.45) is 6.30. The minimum Gasteiger partial charge on any atom is -0.432 e. The first kappa shape index (κ1) is 33.2. The molecular formula is C37H62O7. The van der Waals surface area contributed by atoms with E-state index in [0.29, 0.717) is 28.1 Å². The second-order valence-corrected chi connectivity index (χ2v) is 18.8. The summed E-state index contributed by atoms with van der Waals surface area (Å²) in [5.74, 6) is 1.83. The lowest BCUT2D eigenvalue weighted by molar-refractivity contribution is -0.296. The standard InChI is InChI=1S/C37H62O7/c1-32(2)15-16-34(5)17-18-36(7)21(23(34)19-32)9-10-26-35(6)13-11-22(33(3,4)25(35)12-14-37(26,36)8)30(42)44-31-29(41)28(40)27(39)24(20-38)43-31/h21-29,31,38-41H,9-20H2,1-8H3. The summed E-state index contributed by atoms with van der Waals surface area (Å²) in [7, 11) is 0. The normalized spacial score (nSPS) is 54.6. The molecule has 6 fully saturated rings. The second kappa shape index (κ2) is 10.6. The summed E-state index contributed by atoms with van der Waals surface area (Å²) in [5.41, 5.74) is 1.38. The SMILES string of the molecule is CC1(C)CCC2(C)CCC3(C)C(CCC4C5(C)CCC(C(=O)OC6OC(CO)C(O)C(O)C6O)C(C)(C)C5CCC43C)C2C1. The van der Waals surface area contributed by atoms with Crippen molar-refractivity contribution in [1.29, 1.82) is 0 Å². The molecule has 6 aliphatic rings. The summed E-state index contributed by atoms with van der Waals surface area (Å²) < 4.78 is 11.3. The van der Waals surface area contributed by atoms with Crippen molar-refractivity contribution in [1.82, 2.24) is 0 Å². The van der Waals surface area contributed by atoms with Crippen LogP contribution in [-0.2, 0) is 14.3 Å². The van der Waals surface area contributed by atoms with Crippen LogP contribution in [0.3, 0.4) is 0 Å². The average molecular weight is 619 g/mol. The first-order chi connectivity index (χ1) is 20.3. The Hall–Kier alpha value is -0.730. The maximum Gasteiger partial charge on any atom is 0.311 e. The van der Waals surface area contributed by atoms with E-state index < -0.39 is 43.3 Å². The van der Waals surface area contributed by atoms with E-state index in [9.17, 15) is 25.2 Å². The van der Waals surface area contributed by atoms with Gasteiger partial charge in [0.1, 0.15) is 24.4 Å². The van der Waals surface area contributed by atoms with Gasteiger partial charge in [-0.15, -0.1) is 0 Å². The van der Waals surface area contributed by atoms with Crippen molar-refractivity contribution in [3.63, 3.8) is 0 Å². The van der Waals surface area contributed by atoms with Crippen molar-refractivity contribution >= 4 is 5.97 Å². The Labute approximate surface area is 265 Å². The van der Waals surface area contributed by atoms with Crippen LogP contribution in [0.5, 0.6) is 0 Å². The third kappa shape index (κ3) is 4.63. The number of esters is 1. The van der Waals surface area contributed by atoms with Crippen molar-refractivity contribution < 1.29 is 34.7 Å². The summed E-state index contributed by atoms with van der Waals surface area (Å²) >= 11 is 0. The molecule has 0 amide bonds. The number of carbonyl (C=O) groups is 1. The summed E-state index contributed by atoms with van der Waals surface area (Å²) in [6.45, 7) is 19.4. The first-order valence-electron chi connectivity index (χ1n) is 17.9. The highest BCUT2D eigenvalue weighted by molar-refractivity contribution is 5.74. The van der Waals surface area contributed by atoms with Crippen molar-refractivity contribution in [3.8, 4) is 0 Å². The number of aliphatic hydroxyl groups excluding tert-OH is 4. The van der Waals surface area contributed by atoms with E-state index in [-0.39, 0.29) is 22.2 Å². The van der Waals surface area contributed by atoms with E-state index in [1.165, 1.54) is 51.4 Å². The zero-order chi connectivity index (χ0) is 32.3. The molecule has 0 radical (unpaired) electrons. The number of hydrogen-bond donors (Lipinski definition) is 4. The van der Waals surface area contributed by atoms with Gasteiger partial charge < -0.3 is 29.9 Å². The van der Waals surface area contributed by atoms with E-state index in [2.05, 4.69) is 55.4 Å². The van der Waals surface area contributed by atoms with Crippen LogP contribution >= 0.6 is 0 Å². The van der Waals surface area contributed by atoms with Gasteiger partial charge in [0.25, 0.3) is 0 Å². The lowest BCUT2D eigenvalue weighted by atomic mass is 9.31. The quantitative estimate of drug-likeness (QED) is 0.294. The van der Waals surface area contributed by atoms with Gasteiger partial charge in [-0.25, -0.2) is 0 Å². The first-order valence-corrected chi connectivity index (χ1v) is 17.9. The molecule has 1 aliphatic heterocycles. The molecule has 7 heteroatoms. The highest BCUT2D eigenvalue weighted by atomic mass is 16.7. The van der Waals surface area contributed by atoms with Crippen LogP contribution in [0.1, 0.15) is 126 Å². The molecule has 252 valence electrons. The predicted molar refractivity (Wildman–Crippen MR) is 168 cm³/mol. The lowest BCUT2D eigenvalue weighted by Crippen LogP contribution is -2.67. The molecule has 6 rings (SSSR count). The molecule has 5 saturated carbocycles. The number of fused-ring (bicyclic) bond motifs is 7. The van der Waals surface area contributed by atoms with E-state index in [1.54, 1.807) is 0 Å². The highest BCUT2D eigenvalue weighted by Gasteiger charge is 2.70. The topological polar surface area (TPSA) is 116 Å². The average Bonchev–Trinajstić information content (AvgIpc) is 2.94. The molecule has 0 aromatic heterocycles. The third-order valence-electron chi connectivity index (χ3n) is 16.1. The molecule has 44 heavy (non-hydrogen) atoms. The second-order valence-electron chi connectivity index (χ2n) is 18.8. The highest BCUT2D eigenvalue weighted by Crippen LogP contribution is 2.77. The van der Waals surface area contributed by atoms with E-state index in [0.717, 1.165) is 31.1 Å². The van der Waals surface area contributed by atoms with Crippen molar-refractivity contribution in [2.45, 2.75) is 157 Å². The van der Waals surface area contributed by atoms with Gasteiger partial charge in [0.2, 0.25) is 6.29 Å². The van der Waals surface area contributed by atoms with Crippen LogP contribution in [0.15, 0.2) is 0 Å². The predicted octanol–water partition coefficient (Wildman–Crippen LogP) is 5.85. The molecule has 14 atom stereocenters. The van der Waals surface area contributed by atoms with Gasteiger partial charge in [0, 0.05) is 0 Å². The van der Waals surface area contributed by atoms with Gasteiger partial charge in [0.05, 0.1) is 12.5 Å². The fourth-order valence-corrected chi connectivity index (χ4v) is 13.1. The third-order valence-corrected chi connectivity index (χ3v) is 16.1. The summed E-state index contributed by atoms with van der Waals surface area (Å²) in [5, 5.41) is 40.5. The number of ether oxygens (including phenoxy) is 2. The molecule has 0 bridgehead atoms. The molecule has 1 saturated heterocycles. The molecule has 0 spiro atoms. The maximum atomic E-state index is 13.8. The monoisotopic (exact) mass is 618 g/mol. The maximum absolute atomic E-state index is 13.8. The van der Waals surface area contributed by atoms with E-state index >= 15 is 0 Å². The molecular weight excluding hydrogens is 556 g/mol. The van der Waals surface area contributed by atoms with E-state index in [1.807, 2.05) is 0 Å². The van der Waals surface area contributed by atoms with Crippen LogP contribution in [0.4, 0.5) is 0 Å². The van der Waals surface area contributed by atoms with Gasteiger partial charge in [-0.3, -0.25) is 4.79 Å². The largest absolute Gasteiger partial charge is 0.432 e. The molecule has 7 nitrogen and oxygen atoms in total. The Morgan fingerprint density at radius 3 is 2.09 bits per heavy atom. The minimum absolute atomic E-state index is 0.136. The van der Waals surface area contributed by atoms with Crippen molar-refractivity contribution in [2.75, 3.05) is 6.61 Å². The zero-order valence-electron chi connectivity index (χ0n) is 28.8. The lowest BCUT2D eigenvalue weighted by Gasteiger charge is -2.73. The van der Waals surface area contributed by atoms with Gasteiger partial charge in [-0.1, -0.05) is 55.4 Å². The molecule has 0 aromatic rings. The van der Waals surface area contributed by atoms with Gasteiger partial charge in [-0.05, 0) is 127 Å². The summed E-state index contributed by atoms with van der Waals surface area (Å²) in [6, 6.07) is 0. The van der Waals surface area contributed by atoms with Crippen molar-refractivity contribution in [3.05, 3.63) is 0 Å². The molecule has 5 aliphatic carbocycles. The van der Waals surface area contributed by atoms with Crippen molar-refractivity contribution in [2.24, 2.45) is 62.1 Å². The number of carbonyl (C=O) groups excluding carboxylic acids is 1. The van der Waals surface area contributed by atoms with Gasteiger partial charge >= 0.3 is 5.97 Å². The minimum atomic E-state index is -1.58. The smallest absolute Gasteiger partial charge is 0.311 e. The molecule has 1 heterocycles. The number of aliphatic hydroxyl groups is 4. The Morgan fingerprint density at radius 1 is 0.727 bits per heavy atom. The fraction of sp³-hybridized carbons (Fsp3) is 0.973. The Bertz CT molecular complexity index is 1120. The van der Waals surface area contributed by atoms with Crippen LogP contribution in [0.2, 0.25) is 0 Å². The molecule has 14 unspecified atom stereocenters. The Balaban J connectivity index is 1.23.